The maximum atomic E-state index is 12.3. The third kappa shape index (κ3) is 4.51. The smallest absolute Gasteiger partial charge is 0.248 e. The lowest BCUT2D eigenvalue weighted by Crippen LogP contribution is -2.53. The summed E-state index contributed by atoms with van der Waals surface area (Å²) >= 11 is 0. The predicted molar refractivity (Wildman–Crippen MR) is 95.0 cm³/mol. The van der Waals surface area contributed by atoms with Crippen molar-refractivity contribution in [2.75, 3.05) is 6.61 Å². The molecule has 0 heterocycles. The molecule has 6 nitrogen and oxygen atoms in total. The van der Waals surface area contributed by atoms with E-state index in [1.165, 1.54) is 6.42 Å². The fourth-order valence-corrected chi connectivity index (χ4v) is 4.26. The normalized spacial score (nSPS) is 28.2. The number of hydrogen-bond acceptors (Lipinski definition) is 4. The Morgan fingerprint density at radius 3 is 2.36 bits per heavy atom. The molecule has 0 spiro atoms. The van der Waals surface area contributed by atoms with Crippen molar-refractivity contribution in [2.24, 2.45) is 23.3 Å². The Bertz CT molecular complexity index is 603. The summed E-state index contributed by atoms with van der Waals surface area (Å²) in [5.74, 6) is 1.23. The van der Waals surface area contributed by atoms with Crippen molar-refractivity contribution in [3.8, 4) is 5.75 Å². The Balaban J connectivity index is 1.44. The molecule has 2 aliphatic rings. The number of ether oxygens (including phenoxy) is 1. The molecular weight excluding hydrogens is 318 g/mol. The molecular formula is C19H27N3O3. The summed E-state index contributed by atoms with van der Waals surface area (Å²) < 4.78 is 5.58. The van der Waals surface area contributed by atoms with Crippen LogP contribution in [-0.2, 0) is 4.79 Å². The van der Waals surface area contributed by atoms with Crippen molar-refractivity contribution in [3.63, 3.8) is 0 Å². The monoisotopic (exact) mass is 345 g/mol. The molecule has 2 fully saturated rings. The second kappa shape index (κ2) is 7.87. The Morgan fingerprint density at radius 2 is 1.76 bits per heavy atom. The highest BCUT2D eigenvalue weighted by Crippen LogP contribution is 2.39. The molecule has 2 saturated carbocycles. The van der Waals surface area contributed by atoms with Crippen LogP contribution in [0.15, 0.2) is 24.3 Å². The third-order valence-electron chi connectivity index (χ3n) is 5.44. The van der Waals surface area contributed by atoms with E-state index in [-0.39, 0.29) is 18.0 Å². The highest BCUT2D eigenvalue weighted by atomic mass is 16.5. The lowest BCUT2D eigenvalue weighted by atomic mass is 9.67. The third-order valence-corrected chi connectivity index (χ3v) is 5.44. The minimum Gasteiger partial charge on any atom is -0.493 e. The first-order valence-corrected chi connectivity index (χ1v) is 9.10. The number of carbonyl (C=O) groups excluding carboxylic acids is 2. The predicted octanol–water partition coefficient (Wildman–Crippen LogP) is 1.58. The summed E-state index contributed by atoms with van der Waals surface area (Å²) in [6.45, 7) is 0.309. The molecule has 2 atom stereocenters. The second-order valence-electron chi connectivity index (χ2n) is 7.26. The zero-order chi connectivity index (χ0) is 17.8. The lowest BCUT2D eigenvalue weighted by Gasteiger charge is -2.45. The number of primary amides is 1. The summed E-state index contributed by atoms with van der Waals surface area (Å²) in [6.07, 6.45) is 5.93. The molecule has 3 rings (SSSR count). The molecule has 2 aliphatic carbocycles. The molecule has 2 bridgehead atoms. The van der Waals surface area contributed by atoms with Crippen LogP contribution in [0.4, 0.5) is 0 Å². The van der Waals surface area contributed by atoms with E-state index in [1.54, 1.807) is 24.3 Å². The SMILES string of the molecule is NC(=O)c1ccc(OCCC(=O)NC2C3CCCC2CC(N)C3)cc1. The van der Waals surface area contributed by atoms with E-state index in [0.717, 1.165) is 25.7 Å². The van der Waals surface area contributed by atoms with Gasteiger partial charge >= 0.3 is 0 Å². The summed E-state index contributed by atoms with van der Waals surface area (Å²) in [7, 11) is 0. The first-order chi connectivity index (χ1) is 12.0. The number of amides is 2. The van der Waals surface area contributed by atoms with E-state index in [0.29, 0.717) is 36.2 Å². The molecule has 1 aromatic rings. The van der Waals surface area contributed by atoms with Crippen LogP contribution in [0.2, 0.25) is 0 Å². The molecule has 0 radical (unpaired) electrons. The van der Waals surface area contributed by atoms with Crippen LogP contribution >= 0.6 is 0 Å². The van der Waals surface area contributed by atoms with Gasteiger partial charge < -0.3 is 21.5 Å². The first-order valence-electron chi connectivity index (χ1n) is 9.10. The number of rotatable bonds is 6. The van der Waals surface area contributed by atoms with Crippen LogP contribution in [0.25, 0.3) is 0 Å². The van der Waals surface area contributed by atoms with Crippen molar-refractivity contribution in [1.82, 2.24) is 5.32 Å². The van der Waals surface area contributed by atoms with Crippen molar-refractivity contribution in [2.45, 2.75) is 50.6 Å². The minimum absolute atomic E-state index is 0.0335. The molecule has 136 valence electrons. The van der Waals surface area contributed by atoms with Crippen LogP contribution < -0.4 is 21.5 Å². The maximum absolute atomic E-state index is 12.3. The van der Waals surface area contributed by atoms with Crippen molar-refractivity contribution < 1.29 is 14.3 Å². The largest absolute Gasteiger partial charge is 0.493 e. The summed E-state index contributed by atoms with van der Waals surface area (Å²) in [5, 5.41) is 3.22. The Hall–Kier alpha value is -2.08. The van der Waals surface area contributed by atoms with Gasteiger partial charge in [-0.3, -0.25) is 9.59 Å². The topological polar surface area (TPSA) is 107 Å². The standard InChI is InChI=1S/C19H27N3O3/c20-15-10-13-2-1-3-14(11-15)18(13)22-17(23)8-9-25-16-6-4-12(5-7-16)19(21)24/h4-7,13-15,18H,1-3,8-11,20H2,(H2,21,24)(H,22,23). The van der Waals surface area contributed by atoms with Gasteiger partial charge in [0.1, 0.15) is 5.75 Å². The molecule has 0 aromatic heterocycles. The fraction of sp³-hybridized carbons (Fsp3) is 0.579. The summed E-state index contributed by atoms with van der Waals surface area (Å²) in [4.78, 5) is 23.3. The number of nitrogens with two attached hydrogens (primary N) is 2. The van der Waals surface area contributed by atoms with Gasteiger partial charge in [-0.05, 0) is 61.8 Å². The maximum Gasteiger partial charge on any atom is 0.248 e. The second-order valence-corrected chi connectivity index (χ2v) is 7.26. The summed E-state index contributed by atoms with van der Waals surface area (Å²) in [6, 6.07) is 7.16. The molecule has 2 amide bonds. The number of benzene rings is 1. The molecule has 6 heteroatoms. The van der Waals surface area contributed by atoms with Crippen molar-refractivity contribution in [1.29, 1.82) is 0 Å². The van der Waals surface area contributed by atoms with Gasteiger partial charge in [-0.25, -0.2) is 0 Å². The quantitative estimate of drug-likeness (QED) is 0.727. The van der Waals surface area contributed by atoms with E-state index >= 15 is 0 Å². The number of fused-ring (bicyclic) bond motifs is 2. The fourth-order valence-electron chi connectivity index (χ4n) is 4.26. The molecule has 2 unspecified atom stereocenters. The average molecular weight is 345 g/mol. The van der Waals surface area contributed by atoms with Gasteiger partial charge in [0.2, 0.25) is 11.8 Å². The number of hydrogen-bond donors (Lipinski definition) is 3. The van der Waals surface area contributed by atoms with Gasteiger partial charge in [0.25, 0.3) is 0 Å². The first kappa shape index (κ1) is 17.7. The number of carbonyl (C=O) groups is 2. The van der Waals surface area contributed by atoms with Gasteiger partial charge in [-0.2, -0.15) is 0 Å². The van der Waals surface area contributed by atoms with E-state index in [9.17, 15) is 9.59 Å². The molecule has 25 heavy (non-hydrogen) atoms. The van der Waals surface area contributed by atoms with Gasteiger partial charge in [0.05, 0.1) is 13.0 Å². The Morgan fingerprint density at radius 1 is 1.12 bits per heavy atom. The molecule has 0 aliphatic heterocycles. The van der Waals surface area contributed by atoms with E-state index in [1.807, 2.05) is 0 Å². The van der Waals surface area contributed by atoms with E-state index < -0.39 is 5.91 Å². The van der Waals surface area contributed by atoms with Crippen molar-refractivity contribution >= 4 is 11.8 Å². The van der Waals surface area contributed by atoms with Crippen LogP contribution in [0.1, 0.15) is 48.9 Å². The zero-order valence-electron chi connectivity index (χ0n) is 14.4. The molecule has 5 N–H and O–H groups in total. The van der Waals surface area contributed by atoms with Gasteiger partial charge in [0.15, 0.2) is 0 Å². The minimum atomic E-state index is -0.469. The number of nitrogens with one attached hydrogen (secondary N) is 1. The average Bonchev–Trinajstić information content (AvgIpc) is 2.56. The van der Waals surface area contributed by atoms with Crippen LogP contribution in [0.5, 0.6) is 5.75 Å². The van der Waals surface area contributed by atoms with Crippen LogP contribution in [0, 0.1) is 11.8 Å². The van der Waals surface area contributed by atoms with Gasteiger partial charge in [-0.1, -0.05) is 6.42 Å². The molecule has 1 aromatic carbocycles. The van der Waals surface area contributed by atoms with E-state index in [4.69, 9.17) is 16.2 Å². The summed E-state index contributed by atoms with van der Waals surface area (Å²) in [5.41, 5.74) is 11.8. The highest BCUT2D eigenvalue weighted by Gasteiger charge is 2.39. The zero-order valence-corrected chi connectivity index (χ0v) is 14.4. The van der Waals surface area contributed by atoms with Crippen molar-refractivity contribution in [3.05, 3.63) is 29.8 Å². The Labute approximate surface area is 148 Å². The van der Waals surface area contributed by atoms with E-state index in [2.05, 4.69) is 5.32 Å². The molecule has 0 saturated heterocycles. The Kier molecular flexibility index (Phi) is 5.58. The van der Waals surface area contributed by atoms with Gasteiger partial charge in [0, 0.05) is 17.6 Å². The highest BCUT2D eigenvalue weighted by molar-refractivity contribution is 5.92. The lowest BCUT2D eigenvalue weighted by molar-refractivity contribution is -0.123. The van der Waals surface area contributed by atoms with Gasteiger partial charge in [-0.15, -0.1) is 0 Å². The van der Waals surface area contributed by atoms with Crippen LogP contribution in [0.3, 0.4) is 0 Å². The van der Waals surface area contributed by atoms with Crippen LogP contribution in [-0.4, -0.2) is 30.5 Å².